The van der Waals surface area contributed by atoms with Gasteiger partial charge < -0.3 is 4.90 Å². The fraction of sp³-hybridized carbons (Fsp3) is 0.400. The van der Waals surface area contributed by atoms with Gasteiger partial charge in [0.05, 0.1) is 10.6 Å². The minimum atomic E-state index is -3.49. The van der Waals surface area contributed by atoms with E-state index in [9.17, 15) is 13.2 Å². The van der Waals surface area contributed by atoms with Gasteiger partial charge in [0.15, 0.2) is 0 Å². The van der Waals surface area contributed by atoms with Gasteiger partial charge in [0.1, 0.15) is 0 Å². The van der Waals surface area contributed by atoms with Crippen LogP contribution in [-0.2, 0) is 21.2 Å². The van der Waals surface area contributed by atoms with Crippen LogP contribution in [0.4, 0.5) is 5.69 Å². The Bertz CT molecular complexity index is 684. The smallest absolute Gasteiger partial charge is 0.242 e. The minimum Gasteiger partial charge on any atom is -0.311 e. The van der Waals surface area contributed by atoms with Crippen LogP contribution in [0.25, 0.3) is 0 Å². The average Bonchev–Trinajstić information content (AvgIpc) is 2.90. The first-order chi connectivity index (χ1) is 10.4. The molecule has 0 aromatic heterocycles. The zero-order chi connectivity index (χ0) is 16.3. The van der Waals surface area contributed by atoms with Crippen molar-refractivity contribution in [2.45, 2.75) is 11.3 Å². The summed E-state index contributed by atoms with van der Waals surface area (Å²) in [5.41, 5.74) is 1.73. The summed E-state index contributed by atoms with van der Waals surface area (Å²) in [6.07, 6.45) is 2.52. The van der Waals surface area contributed by atoms with Gasteiger partial charge >= 0.3 is 0 Å². The molecule has 22 heavy (non-hydrogen) atoms. The van der Waals surface area contributed by atoms with Crippen molar-refractivity contribution in [1.29, 1.82) is 0 Å². The molecular weight excluding hydrogens is 320 g/mol. The molecule has 0 saturated carbocycles. The largest absolute Gasteiger partial charge is 0.311 e. The quantitative estimate of drug-likeness (QED) is 0.585. The van der Waals surface area contributed by atoms with Crippen LogP contribution in [0.3, 0.4) is 0 Å². The average molecular weight is 340 g/mol. The van der Waals surface area contributed by atoms with Crippen molar-refractivity contribution in [2.24, 2.45) is 0 Å². The van der Waals surface area contributed by atoms with Crippen LogP contribution in [0.2, 0.25) is 0 Å². The van der Waals surface area contributed by atoms with Crippen molar-refractivity contribution in [2.75, 3.05) is 37.0 Å². The Kier molecular flexibility index (Phi) is 5.31. The molecule has 0 radical (unpaired) electrons. The lowest BCUT2D eigenvalue weighted by molar-refractivity contribution is -0.116. The molecule has 1 aromatic carbocycles. The number of sulfonamides is 1. The second kappa shape index (κ2) is 6.85. The first-order valence-corrected chi connectivity index (χ1v) is 9.52. The molecule has 0 bridgehead atoms. The molecule has 1 aliphatic heterocycles. The number of fused-ring (bicyclic) bond motifs is 1. The van der Waals surface area contributed by atoms with Crippen LogP contribution in [0, 0.1) is 0 Å². The molecule has 0 aliphatic carbocycles. The van der Waals surface area contributed by atoms with Crippen molar-refractivity contribution in [3.8, 4) is 0 Å². The highest BCUT2D eigenvalue weighted by atomic mass is 32.2. The molecule has 1 aromatic rings. The number of carbonyl (C=O) groups excluding carboxylic acids is 1. The first kappa shape index (κ1) is 17.1. The molecule has 0 N–H and O–H groups in total. The topological polar surface area (TPSA) is 57.7 Å². The third kappa shape index (κ3) is 3.37. The number of hydrogen-bond acceptors (Lipinski definition) is 4. The minimum absolute atomic E-state index is 0.00463. The number of benzene rings is 1. The molecule has 0 saturated heterocycles. The van der Waals surface area contributed by atoms with Crippen molar-refractivity contribution < 1.29 is 13.2 Å². The summed E-state index contributed by atoms with van der Waals surface area (Å²) in [7, 11) is -0.497. The number of amides is 1. The van der Waals surface area contributed by atoms with E-state index in [4.69, 9.17) is 0 Å². The lowest BCUT2D eigenvalue weighted by Crippen LogP contribution is -2.30. The maximum atomic E-state index is 12.3. The van der Waals surface area contributed by atoms with Gasteiger partial charge in [-0.05, 0) is 24.1 Å². The first-order valence-electron chi connectivity index (χ1n) is 6.92. The second-order valence-corrected chi connectivity index (χ2v) is 8.36. The van der Waals surface area contributed by atoms with Gasteiger partial charge in [0.25, 0.3) is 0 Å². The summed E-state index contributed by atoms with van der Waals surface area (Å²) in [6.45, 7) is 4.23. The van der Waals surface area contributed by atoms with E-state index in [2.05, 4.69) is 6.58 Å². The standard InChI is InChI=1S/C15H20N2O3S2/c1-4-9-21-11-15(18)17-8-7-12-5-6-13(10-14(12)17)22(19,20)16(2)3/h4-6,10H,1,7-9,11H2,2-3H3. The molecule has 0 spiro atoms. The Hall–Kier alpha value is -1.31. The summed E-state index contributed by atoms with van der Waals surface area (Å²) in [5, 5.41) is 0. The van der Waals surface area contributed by atoms with Crippen LogP contribution < -0.4 is 4.90 Å². The fourth-order valence-electron chi connectivity index (χ4n) is 2.30. The number of thioether (sulfide) groups is 1. The van der Waals surface area contributed by atoms with Gasteiger partial charge in [-0.1, -0.05) is 12.1 Å². The molecule has 5 nitrogen and oxygen atoms in total. The summed E-state index contributed by atoms with van der Waals surface area (Å²) in [6, 6.07) is 5.01. The highest BCUT2D eigenvalue weighted by Crippen LogP contribution is 2.31. The highest BCUT2D eigenvalue weighted by Gasteiger charge is 2.27. The SMILES string of the molecule is C=CCSCC(=O)N1CCc2ccc(S(=O)(=O)N(C)C)cc21. The lowest BCUT2D eigenvalue weighted by atomic mass is 10.2. The van der Waals surface area contributed by atoms with Crippen molar-refractivity contribution in [3.05, 3.63) is 36.4 Å². The van der Waals surface area contributed by atoms with Crippen LogP contribution in [0.15, 0.2) is 35.7 Å². The summed E-state index contributed by atoms with van der Waals surface area (Å²) >= 11 is 1.50. The van der Waals surface area contributed by atoms with E-state index in [0.717, 1.165) is 17.7 Å². The van der Waals surface area contributed by atoms with Crippen LogP contribution in [0.5, 0.6) is 0 Å². The lowest BCUT2D eigenvalue weighted by Gasteiger charge is -2.18. The fourth-order valence-corrected chi connectivity index (χ4v) is 3.83. The van der Waals surface area contributed by atoms with E-state index in [0.29, 0.717) is 18.0 Å². The van der Waals surface area contributed by atoms with E-state index >= 15 is 0 Å². The molecular formula is C15H20N2O3S2. The molecule has 7 heteroatoms. The summed E-state index contributed by atoms with van der Waals surface area (Å²) in [4.78, 5) is 14.2. The van der Waals surface area contributed by atoms with Gasteiger partial charge in [0.2, 0.25) is 15.9 Å². The number of rotatable bonds is 6. The Morgan fingerprint density at radius 3 is 2.82 bits per heavy atom. The predicted molar refractivity (Wildman–Crippen MR) is 90.9 cm³/mol. The van der Waals surface area contributed by atoms with Gasteiger partial charge in [-0.2, -0.15) is 0 Å². The van der Waals surface area contributed by atoms with E-state index in [-0.39, 0.29) is 10.8 Å². The monoisotopic (exact) mass is 340 g/mol. The Morgan fingerprint density at radius 2 is 2.18 bits per heavy atom. The third-order valence-electron chi connectivity index (χ3n) is 3.49. The van der Waals surface area contributed by atoms with E-state index in [1.165, 1.54) is 30.2 Å². The zero-order valence-corrected chi connectivity index (χ0v) is 14.4. The van der Waals surface area contributed by atoms with E-state index in [1.54, 1.807) is 29.2 Å². The molecule has 0 unspecified atom stereocenters. The van der Waals surface area contributed by atoms with E-state index in [1.807, 2.05) is 0 Å². The molecule has 2 rings (SSSR count). The normalized spacial score (nSPS) is 14.2. The summed E-state index contributed by atoms with van der Waals surface area (Å²) < 4.78 is 25.6. The second-order valence-electron chi connectivity index (χ2n) is 5.18. The molecule has 0 fully saturated rings. The number of hydrogen-bond donors (Lipinski definition) is 0. The van der Waals surface area contributed by atoms with Gasteiger partial charge in [-0.15, -0.1) is 18.3 Å². The number of anilines is 1. The van der Waals surface area contributed by atoms with Crippen LogP contribution in [-0.4, -0.2) is 50.8 Å². The van der Waals surface area contributed by atoms with E-state index < -0.39 is 10.0 Å². The van der Waals surface area contributed by atoms with Crippen molar-refractivity contribution in [1.82, 2.24) is 4.31 Å². The van der Waals surface area contributed by atoms with Crippen molar-refractivity contribution >= 4 is 33.4 Å². The summed E-state index contributed by atoms with van der Waals surface area (Å²) in [5.74, 6) is 1.10. The Balaban J connectivity index is 2.27. The predicted octanol–water partition coefficient (Wildman–Crippen LogP) is 1.75. The molecule has 120 valence electrons. The Morgan fingerprint density at radius 1 is 1.45 bits per heavy atom. The third-order valence-corrected chi connectivity index (χ3v) is 6.23. The highest BCUT2D eigenvalue weighted by molar-refractivity contribution is 8.00. The van der Waals surface area contributed by atoms with Crippen LogP contribution in [0.1, 0.15) is 5.56 Å². The van der Waals surface area contributed by atoms with Gasteiger partial charge in [-0.25, -0.2) is 12.7 Å². The molecule has 0 atom stereocenters. The molecule has 1 heterocycles. The maximum absolute atomic E-state index is 12.3. The van der Waals surface area contributed by atoms with Crippen molar-refractivity contribution in [3.63, 3.8) is 0 Å². The maximum Gasteiger partial charge on any atom is 0.242 e. The van der Waals surface area contributed by atoms with Crippen LogP contribution >= 0.6 is 11.8 Å². The Labute approximate surface area is 136 Å². The zero-order valence-electron chi connectivity index (χ0n) is 12.8. The van der Waals surface area contributed by atoms with Gasteiger partial charge in [0, 0.05) is 32.1 Å². The van der Waals surface area contributed by atoms with Gasteiger partial charge in [-0.3, -0.25) is 4.79 Å². The molecule has 1 aliphatic rings. The molecule has 1 amide bonds. The number of nitrogens with zero attached hydrogens (tertiary/aromatic N) is 2. The number of carbonyl (C=O) groups is 1.